The molecule has 3 aromatic heterocycles. The van der Waals surface area contributed by atoms with Crippen LogP contribution in [-0.4, -0.2) is 22.0 Å². The second-order valence-corrected chi connectivity index (χ2v) is 25.8. The molecule has 0 radical (unpaired) electrons. The third kappa shape index (κ3) is 19.4. The highest BCUT2D eigenvalue weighted by Crippen LogP contribution is 2.55. The molecule has 1 aromatic carbocycles. The van der Waals surface area contributed by atoms with Crippen molar-refractivity contribution in [3.05, 3.63) is 33.0 Å². The lowest BCUT2D eigenvalue weighted by Gasteiger charge is -2.24. The van der Waals surface area contributed by atoms with Gasteiger partial charge in [-0.3, -0.25) is 0 Å². The Morgan fingerprint density at radius 3 is 1.06 bits per heavy atom. The summed E-state index contributed by atoms with van der Waals surface area (Å²) in [6.45, 7) is 29.7. The summed E-state index contributed by atoms with van der Waals surface area (Å²) in [4.78, 5) is 5.50. The van der Waals surface area contributed by atoms with E-state index in [0.29, 0.717) is 25.0 Å². The largest absolute Gasteiger partial charge is 0.489 e. The number of nitrogens with zero attached hydrogens (tertiary/aromatic N) is 2. The van der Waals surface area contributed by atoms with E-state index >= 15 is 0 Å². The molecule has 2 unspecified atom stereocenters. The minimum atomic E-state index is 0.0303. The fourth-order valence-electron chi connectivity index (χ4n) is 10.2. The van der Waals surface area contributed by atoms with Gasteiger partial charge in [0, 0.05) is 19.5 Å². The molecule has 0 saturated carbocycles. The molecular weight excluding hydrogens is 901 g/mol. The van der Waals surface area contributed by atoms with Crippen molar-refractivity contribution >= 4 is 45.4 Å². The van der Waals surface area contributed by atoms with Crippen LogP contribution in [0.5, 0.6) is 11.5 Å². The summed E-state index contributed by atoms with van der Waals surface area (Å²) in [6.07, 6.45) is 38.8. The van der Waals surface area contributed by atoms with E-state index in [1.165, 1.54) is 209 Å². The van der Waals surface area contributed by atoms with E-state index < -0.39 is 0 Å². The molecule has 0 fully saturated rings. The average molecular weight is 1010 g/mol. The molecule has 0 N–H and O–H groups in total. The normalized spacial score (nSPS) is 13.2. The summed E-state index contributed by atoms with van der Waals surface area (Å²) in [6, 6.07) is 5.06. The van der Waals surface area contributed by atoms with Crippen molar-refractivity contribution in [2.24, 2.45) is 11.8 Å². The molecule has 4 aromatic rings. The monoisotopic (exact) mass is 1000 g/mol. The van der Waals surface area contributed by atoms with Crippen LogP contribution in [0.4, 0.5) is 0 Å². The lowest BCUT2D eigenvalue weighted by atomic mass is 9.89. The molecule has 69 heavy (non-hydrogen) atoms. The SMILES string of the molecule is CCCCCCCCCCCCc1cc(-c2c(OCC(CC)CCCC)c(OCC(CC)CCCC)c(-c3cc(CCCCCCCCCCCC)c(C(C)(C)C)s3)c3nsnc23)sc1C(C)(C)C. The molecule has 0 aliphatic carbocycles. The molecule has 392 valence electrons. The Hall–Kier alpha value is -1.96. The molecule has 4 nitrogen and oxygen atoms in total. The Morgan fingerprint density at radius 2 is 0.754 bits per heavy atom. The van der Waals surface area contributed by atoms with Crippen LogP contribution in [0.3, 0.4) is 0 Å². The molecular formula is C62H104N2O2S3. The van der Waals surface area contributed by atoms with Gasteiger partial charge in [0.25, 0.3) is 0 Å². The van der Waals surface area contributed by atoms with Gasteiger partial charge in [0.1, 0.15) is 11.0 Å². The van der Waals surface area contributed by atoms with E-state index in [1.54, 1.807) is 0 Å². The maximum absolute atomic E-state index is 7.43. The Bertz CT molecular complexity index is 1840. The van der Waals surface area contributed by atoms with E-state index in [9.17, 15) is 0 Å². The topological polar surface area (TPSA) is 44.2 Å². The first-order chi connectivity index (χ1) is 33.3. The van der Waals surface area contributed by atoms with Crippen LogP contribution in [0.15, 0.2) is 12.1 Å². The van der Waals surface area contributed by atoms with Crippen molar-refractivity contribution in [1.82, 2.24) is 8.75 Å². The number of hydrogen-bond donors (Lipinski definition) is 0. The summed E-state index contributed by atoms with van der Waals surface area (Å²) < 4.78 is 25.4. The standard InChI is InChI=1S/C62H104N2O2S3/c1-13-19-23-25-27-29-31-33-35-37-41-49-43-51(67-59(49)61(7,8)9)53-55-56(64-69-63-55)54(58(66-46-48(18-6)40-22-16-4)57(53)65-45-47(17-5)39-21-15-3)52-44-50(60(68-52)62(10,11)12)42-38-36-34-32-30-28-26-24-20-14-2/h43-44,47-48H,13-42,45-46H2,1-12H3. The van der Waals surface area contributed by atoms with Crippen LogP contribution in [0, 0.1) is 11.8 Å². The lowest BCUT2D eigenvalue weighted by molar-refractivity contribution is 0.201. The molecule has 2 atom stereocenters. The van der Waals surface area contributed by atoms with Gasteiger partial charge in [0.2, 0.25) is 0 Å². The summed E-state index contributed by atoms with van der Waals surface area (Å²) >= 11 is 5.30. The number of fused-ring (bicyclic) bond motifs is 1. The highest BCUT2D eigenvalue weighted by molar-refractivity contribution is 7.16. The predicted octanol–water partition coefficient (Wildman–Crippen LogP) is 21.9. The number of aryl methyl sites for hydroxylation is 2. The van der Waals surface area contributed by atoms with E-state index in [4.69, 9.17) is 18.2 Å². The third-order valence-electron chi connectivity index (χ3n) is 14.7. The average Bonchev–Trinajstić information content (AvgIpc) is 4.10. The van der Waals surface area contributed by atoms with Crippen molar-refractivity contribution in [3.63, 3.8) is 0 Å². The smallest absolute Gasteiger partial charge is 0.172 e. The molecule has 7 heteroatoms. The minimum absolute atomic E-state index is 0.0303. The highest BCUT2D eigenvalue weighted by Gasteiger charge is 2.33. The van der Waals surface area contributed by atoms with Gasteiger partial charge < -0.3 is 9.47 Å². The molecule has 0 aliphatic heterocycles. The summed E-state index contributed by atoms with van der Waals surface area (Å²) in [5, 5.41) is 0. The van der Waals surface area contributed by atoms with Crippen molar-refractivity contribution < 1.29 is 9.47 Å². The second kappa shape index (κ2) is 32.3. The van der Waals surface area contributed by atoms with Crippen molar-refractivity contribution in [2.45, 2.75) is 287 Å². The van der Waals surface area contributed by atoms with Crippen molar-refractivity contribution in [2.75, 3.05) is 13.2 Å². The van der Waals surface area contributed by atoms with Crippen LogP contribution in [0.2, 0.25) is 0 Å². The fraction of sp³-hybridized carbons (Fsp3) is 0.774. The first kappa shape index (κ1) is 59.6. The van der Waals surface area contributed by atoms with Crippen LogP contribution < -0.4 is 9.47 Å². The Balaban J connectivity index is 1.83. The predicted molar refractivity (Wildman–Crippen MR) is 310 cm³/mol. The van der Waals surface area contributed by atoms with Crippen LogP contribution in [-0.2, 0) is 23.7 Å². The zero-order valence-electron chi connectivity index (χ0n) is 46.9. The number of aromatic nitrogens is 2. The van der Waals surface area contributed by atoms with Gasteiger partial charge in [0.15, 0.2) is 11.5 Å². The Labute approximate surface area is 438 Å². The summed E-state index contributed by atoms with van der Waals surface area (Å²) in [5.74, 6) is 2.77. The van der Waals surface area contributed by atoms with E-state index in [0.717, 1.165) is 59.3 Å². The molecule has 4 rings (SSSR count). The maximum Gasteiger partial charge on any atom is 0.172 e. The van der Waals surface area contributed by atoms with Gasteiger partial charge >= 0.3 is 0 Å². The van der Waals surface area contributed by atoms with Gasteiger partial charge in [-0.1, -0.05) is 237 Å². The quantitative estimate of drug-likeness (QED) is 0.0420. The molecule has 0 spiro atoms. The zero-order valence-corrected chi connectivity index (χ0v) is 49.3. The third-order valence-corrected chi connectivity index (χ3v) is 18.5. The number of thiophene rings is 2. The lowest BCUT2D eigenvalue weighted by Crippen LogP contribution is -2.15. The van der Waals surface area contributed by atoms with Gasteiger partial charge in [0.05, 0.1) is 36.1 Å². The highest BCUT2D eigenvalue weighted by atomic mass is 32.1. The van der Waals surface area contributed by atoms with E-state index in [2.05, 4.69) is 95.2 Å². The first-order valence-electron chi connectivity index (χ1n) is 29.2. The first-order valence-corrected chi connectivity index (χ1v) is 31.5. The number of hydrogen-bond acceptors (Lipinski definition) is 7. The van der Waals surface area contributed by atoms with Gasteiger partial charge in [-0.25, -0.2) is 0 Å². The summed E-state index contributed by atoms with van der Waals surface area (Å²) in [5.41, 5.74) is 7.23. The molecule has 0 bridgehead atoms. The zero-order chi connectivity index (χ0) is 50.1. The minimum Gasteiger partial charge on any atom is -0.489 e. The van der Waals surface area contributed by atoms with Gasteiger partial charge in [-0.2, -0.15) is 8.75 Å². The Morgan fingerprint density at radius 1 is 0.435 bits per heavy atom. The van der Waals surface area contributed by atoms with E-state index in [1.807, 2.05) is 22.7 Å². The van der Waals surface area contributed by atoms with Gasteiger partial charge in [-0.15, -0.1) is 22.7 Å². The fourth-order valence-corrected chi connectivity index (χ4v) is 13.4. The number of ether oxygens (including phenoxy) is 2. The number of benzene rings is 1. The van der Waals surface area contributed by atoms with Crippen molar-refractivity contribution in [1.29, 1.82) is 0 Å². The molecule has 0 saturated heterocycles. The van der Waals surface area contributed by atoms with Crippen LogP contribution in [0.1, 0.15) is 284 Å². The van der Waals surface area contributed by atoms with Crippen LogP contribution in [0.25, 0.3) is 31.9 Å². The van der Waals surface area contributed by atoms with Crippen molar-refractivity contribution in [3.8, 4) is 32.4 Å². The maximum atomic E-state index is 7.43. The molecule has 0 amide bonds. The molecule has 3 heterocycles. The summed E-state index contributed by atoms with van der Waals surface area (Å²) in [7, 11) is 0. The van der Waals surface area contributed by atoms with E-state index in [-0.39, 0.29) is 10.8 Å². The second-order valence-electron chi connectivity index (χ2n) is 23.1. The van der Waals surface area contributed by atoms with Crippen LogP contribution >= 0.6 is 34.4 Å². The number of rotatable bonds is 38. The number of unbranched alkanes of at least 4 members (excludes halogenated alkanes) is 20. The Kier molecular flexibility index (Phi) is 27.9. The molecule has 0 aliphatic rings. The van der Waals surface area contributed by atoms with Gasteiger partial charge in [-0.05, 0) is 84.5 Å².